The highest BCUT2D eigenvalue weighted by Gasteiger charge is 2.15. The van der Waals surface area contributed by atoms with Gasteiger partial charge in [-0.2, -0.15) is 5.10 Å². The summed E-state index contributed by atoms with van der Waals surface area (Å²) in [6, 6.07) is 15.2. The van der Waals surface area contributed by atoms with E-state index in [1.54, 1.807) is 34.8 Å². The number of aryl methyl sites for hydroxylation is 1. The maximum Gasteiger partial charge on any atom is 0.262 e. The number of aromatic nitrogens is 4. The molecule has 9 heteroatoms. The van der Waals surface area contributed by atoms with Crippen LogP contribution in [-0.2, 0) is 11.3 Å². The Morgan fingerprint density at radius 3 is 2.74 bits per heavy atom. The van der Waals surface area contributed by atoms with E-state index in [1.165, 1.54) is 23.5 Å². The van der Waals surface area contributed by atoms with Crippen molar-refractivity contribution < 1.29 is 4.79 Å². The van der Waals surface area contributed by atoms with Gasteiger partial charge in [-0.1, -0.05) is 59.3 Å². The van der Waals surface area contributed by atoms with Crippen LogP contribution in [0.3, 0.4) is 0 Å². The lowest BCUT2D eigenvalue weighted by atomic mass is 10.1. The highest BCUT2D eigenvalue weighted by Crippen LogP contribution is 2.20. The van der Waals surface area contributed by atoms with Gasteiger partial charge in [-0.3, -0.25) is 9.59 Å². The van der Waals surface area contributed by atoms with Crippen molar-refractivity contribution in [2.45, 2.75) is 18.6 Å². The zero-order valence-corrected chi connectivity index (χ0v) is 18.6. The van der Waals surface area contributed by atoms with Crippen LogP contribution in [0.4, 0.5) is 0 Å². The van der Waals surface area contributed by atoms with Gasteiger partial charge in [0.15, 0.2) is 10.8 Å². The van der Waals surface area contributed by atoms with E-state index in [4.69, 9.17) is 11.6 Å². The van der Waals surface area contributed by atoms with E-state index in [0.717, 1.165) is 5.56 Å². The molecule has 1 amide bonds. The van der Waals surface area contributed by atoms with Gasteiger partial charge in [-0.25, -0.2) is 9.67 Å². The summed E-state index contributed by atoms with van der Waals surface area (Å²) in [5, 5.41) is 5.56. The smallest absolute Gasteiger partial charge is 0.262 e. The third-order valence-corrected chi connectivity index (χ3v) is 5.86. The van der Waals surface area contributed by atoms with Gasteiger partial charge in [0.1, 0.15) is 5.39 Å². The van der Waals surface area contributed by atoms with Crippen LogP contribution in [0.15, 0.2) is 64.7 Å². The molecule has 0 radical (unpaired) electrons. The summed E-state index contributed by atoms with van der Waals surface area (Å²) in [7, 11) is 1.76. The molecule has 0 spiro atoms. The minimum atomic E-state index is -0.304. The molecule has 0 saturated carbocycles. The van der Waals surface area contributed by atoms with Gasteiger partial charge < -0.3 is 9.88 Å². The fourth-order valence-electron chi connectivity index (χ4n) is 3.06. The van der Waals surface area contributed by atoms with Crippen molar-refractivity contribution in [1.82, 2.24) is 24.6 Å². The molecule has 0 atom stereocenters. The number of carbonyl (C=O) groups is 1. The topological polar surface area (TPSA) is 83.9 Å². The zero-order valence-electron chi connectivity index (χ0n) is 17.0. The number of nitrogens with zero attached hydrogens (tertiary/aromatic N) is 4. The Hall–Kier alpha value is -3.10. The molecule has 1 N–H and O–H groups in total. The molecule has 0 unspecified atom stereocenters. The Morgan fingerprint density at radius 2 is 2.00 bits per heavy atom. The van der Waals surface area contributed by atoms with E-state index in [-0.39, 0.29) is 17.2 Å². The molecule has 4 rings (SSSR count). The molecule has 0 saturated heterocycles. The molecule has 0 aliphatic carbocycles. The summed E-state index contributed by atoms with van der Waals surface area (Å²) in [6.07, 6.45) is 1.47. The van der Waals surface area contributed by atoms with Crippen LogP contribution in [0.1, 0.15) is 11.1 Å². The predicted octanol–water partition coefficient (Wildman–Crippen LogP) is 3.82. The lowest BCUT2D eigenvalue weighted by Gasteiger charge is -2.17. The highest BCUT2D eigenvalue weighted by molar-refractivity contribution is 7.99. The summed E-state index contributed by atoms with van der Waals surface area (Å²) < 4.78 is 1.56. The van der Waals surface area contributed by atoms with Crippen molar-refractivity contribution in [3.8, 4) is 5.69 Å². The third-order valence-electron chi connectivity index (χ3n) is 4.77. The van der Waals surface area contributed by atoms with Crippen molar-refractivity contribution in [2.75, 3.05) is 12.8 Å². The summed E-state index contributed by atoms with van der Waals surface area (Å²) in [5.74, 6) is 0.0962. The molecule has 4 aromatic rings. The number of hydrogen-bond acceptors (Lipinski definition) is 5. The molecule has 0 fully saturated rings. The minimum Gasteiger partial charge on any atom is -0.341 e. The zero-order chi connectivity index (χ0) is 22.0. The van der Waals surface area contributed by atoms with Gasteiger partial charge in [0.2, 0.25) is 5.91 Å². The van der Waals surface area contributed by atoms with Crippen molar-refractivity contribution >= 4 is 40.3 Å². The number of aromatic amines is 1. The first-order valence-electron chi connectivity index (χ1n) is 9.57. The number of carbonyl (C=O) groups excluding carboxylic acids is 1. The number of thioether (sulfide) groups is 1. The molecular weight excluding hydrogens is 434 g/mol. The average molecular weight is 454 g/mol. The van der Waals surface area contributed by atoms with Crippen LogP contribution in [0.5, 0.6) is 0 Å². The summed E-state index contributed by atoms with van der Waals surface area (Å²) >= 11 is 7.26. The van der Waals surface area contributed by atoms with Crippen molar-refractivity contribution in [2.24, 2.45) is 0 Å². The van der Waals surface area contributed by atoms with Crippen LogP contribution in [-0.4, -0.2) is 43.4 Å². The quantitative estimate of drug-likeness (QED) is 0.354. The highest BCUT2D eigenvalue weighted by atomic mass is 35.5. The van der Waals surface area contributed by atoms with Gasteiger partial charge in [0.05, 0.1) is 17.6 Å². The van der Waals surface area contributed by atoms with Gasteiger partial charge in [-0.05, 0) is 30.7 Å². The number of hydrogen-bond donors (Lipinski definition) is 1. The molecule has 2 heterocycles. The van der Waals surface area contributed by atoms with E-state index in [2.05, 4.69) is 15.1 Å². The van der Waals surface area contributed by atoms with E-state index < -0.39 is 0 Å². The van der Waals surface area contributed by atoms with Crippen LogP contribution in [0.2, 0.25) is 5.02 Å². The first-order chi connectivity index (χ1) is 14.9. The molecule has 0 bridgehead atoms. The largest absolute Gasteiger partial charge is 0.341 e. The van der Waals surface area contributed by atoms with Gasteiger partial charge in [0.25, 0.3) is 5.56 Å². The molecule has 0 aliphatic rings. The Bertz CT molecular complexity index is 1300. The molecule has 2 aromatic heterocycles. The first-order valence-corrected chi connectivity index (χ1v) is 10.9. The lowest BCUT2D eigenvalue weighted by Crippen LogP contribution is -2.28. The van der Waals surface area contributed by atoms with E-state index in [1.807, 2.05) is 37.3 Å². The van der Waals surface area contributed by atoms with Gasteiger partial charge >= 0.3 is 0 Å². The van der Waals surface area contributed by atoms with Crippen molar-refractivity contribution in [3.05, 3.63) is 81.2 Å². The normalized spacial score (nSPS) is 11.1. The second kappa shape index (κ2) is 8.95. The summed E-state index contributed by atoms with van der Waals surface area (Å²) in [5.41, 5.74) is 3.04. The first kappa shape index (κ1) is 21.1. The third kappa shape index (κ3) is 4.81. The van der Waals surface area contributed by atoms with Crippen molar-refractivity contribution in [1.29, 1.82) is 0 Å². The van der Waals surface area contributed by atoms with Crippen LogP contribution in [0, 0.1) is 6.92 Å². The number of halogens is 1. The standard InChI is InChI=1S/C22H20ClN5O2S/c1-14-6-8-15(9-7-14)12-27(2)19(29)13-31-22-25-20-18(21(30)26-22)11-24-28(20)17-5-3-4-16(23)10-17/h3-11H,12-13H2,1-2H3,(H,25,26,30). The average Bonchev–Trinajstić information content (AvgIpc) is 3.18. The van der Waals surface area contributed by atoms with E-state index in [0.29, 0.717) is 33.4 Å². The number of rotatable bonds is 6. The SMILES string of the molecule is Cc1ccc(CN(C)C(=O)CSc2nc3c(cnn3-c3cccc(Cl)c3)c(=O)[nH]2)cc1. The number of fused-ring (bicyclic) bond motifs is 1. The maximum atomic E-state index is 12.6. The second-order valence-corrected chi connectivity index (χ2v) is 8.57. The number of amides is 1. The number of benzene rings is 2. The molecular formula is C22H20ClN5O2S. The number of H-pyrrole nitrogens is 1. The summed E-state index contributed by atoms with van der Waals surface area (Å²) in [6.45, 7) is 2.54. The molecule has 31 heavy (non-hydrogen) atoms. The Labute approximate surface area is 188 Å². The van der Waals surface area contributed by atoms with Crippen LogP contribution < -0.4 is 5.56 Å². The minimum absolute atomic E-state index is 0.0586. The van der Waals surface area contributed by atoms with Crippen LogP contribution >= 0.6 is 23.4 Å². The fraction of sp³-hybridized carbons (Fsp3) is 0.182. The monoisotopic (exact) mass is 453 g/mol. The van der Waals surface area contributed by atoms with Crippen LogP contribution in [0.25, 0.3) is 16.7 Å². The van der Waals surface area contributed by atoms with Gasteiger partial charge in [0, 0.05) is 18.6 Å². The van der Waals surface area contributed by atoms with E-state index >= 15 is 0 Å². The van der Waals surface area contributed by atoms with Gasteiger partial charge in [-0.15, -0.1) is 0 Å². The Balaban J connectivity index is 1.50. The Kier molecular flexibility index (Phi) is 6.11. The predicted molar refractivity (Wildman–Crippen MR) is 123 cm³/mol. The second-order valence-electron chi connectivity index (χ2n) is 7.17. The molecule has 2 aromatic carbocycles. The maximum absolute atomic E-state index is 12.6. The van der Waals surface area contributed by atoms with E-state index in [9.17, 15) is 9.59 Å². The number of nitrogens with one attached hydrogen (secondary N) is 1. The lowest BCUT2D eigenvalue weighted by molar-refractivity contribution is -0.127. The summed E-state index contributed by atoms with van der Waals surface area (Å²) in [4.78, 5) is 33.9. The Morgan fingerprint density at radius 1 is 1.23 bits per heavy atom. The van der Waals surface area contributed by atoms with Crippen molar-refractivity contribution in [3.63, 3.8) is 0 Å². The molecule has 158 valence electrons. The molecule has 7 nitrogen and oxygen atoms in total. The molecule has 0 aliphatic heterocycles. The fourth-order valence-corrected chi connectivity index (χ4v) is 4.04.